The molecule has 0 saturated carbocycles. The number of aromatic hydroxyl groups is 1. The Balaban J connectivity index is 1.57. The van der Waals surface area contributed by atoms with Crippen LogP contribution in [0.5, 0.6) is 5.75 Å². The van der Waals surface area contributed by atoms with Gasteiger partial charge in [0.1, 0.15) is 5.75 Å². The molecule has 1 aromatic heterocycles. The first-order chi connectivity index (χ1) is 12.6. The topological polar surface area (TPSA) is 86.2 Å². The van der Waals surface area contributed by atoms with Crippen LogP contribution in [-0.2, 0) is 4.74 Å². The molecule has 2 amide bonds. The maximum atomic E-state index is 12.7. The second-order valence-electron chi connectivity index (χ2n) is 6.64. The van der Waals surface area contributed by atoms with E-state index in [1.165, 1.54) is 12.3 Å². The second-order valence-corrected chi connectivity index (χ2v) is 6.64. The molecule has 3 rings (SSSR count). The molecule has 0 bridgehead atoms. The van der Waals surface area contributed by atoms with Crippen molar-refractivity contribution in [3.8, 4) is 5.75 Å². The number of likely N-dealkylation sites (tertiary alicyclic amines) is 1. The molecule has 1 N–H and O–H groups in total. The standard InChI is InChI=1S/C18H26N4O4/c1-2-26-18(25)21-11-9-20(10-12-21)14-5-4-8-22(13-14)17(24)16-15(23)6-3-7-19-16/h3,6-7,14,23H,2,4-5,8-13H2,1H3/t14-/m0/s1. The van der Waals surface area contributed by atoms with Gasteiger partial charge in [0.05, 0.1) is 6.61 Å². The molecule has 142 valence electrons. The van der Waals surface area contributed by atoms with Gasteiger partial charge in [-0.15, -0.1) is 0 Å². The van der Waals surface area contributed by atoms with Gasteiger partial charge in [0, 0.05) is 51.5 Å². The number of aromatic nitrogens is 1. The number of piperazine rings is 1. The summed E-state index contributed by atoms with van der Waals surface area (Å²) in [5.74, 6) is -0.305. The summed E-state index contributed by atoms with van der Waals surface area (Å²) in [6, 6.07) is 3.35. The summed E-state index contributed by atoms with van der Waals surface area (Å²) >= 11 is 0. The van der Waals surface area contributed by atoms with Gasteiger partial charge in [-0.05, 0) is 31.9 Å². The zero-order valence-corrected chi connectivity index (χ0v) is 15.1. The van der Waals surface area contributed by atoms with Gasteiger partial charge in [-0.3, -0.25) is 9.69 Å². The van der Waals surface area contributed by atoms with Crippen molar-refractivity contribution in [2.75, 3.05) is 45.9 Å². The lowest BCUT2D eigenvalue weighted by molar-refractivity contribution is 0.0374. The highest BCUT2D eigenvalue weighted by Gasteiger charge is 2.32. The number of nitrogens with zero attached hydrogens (tertiary/aromatic N) is 4. The van der Waals surface area contributed by atoms with Crippen LogP contribution in [0.4, 0.5) is 4.79 Å². The van der Waals surface area contributed by atoms with Gasteiger partial charge in [0.2, 0.25) is 0 Å². The lowest BCUT2D eigenvalue weighted by atomic mass is 10.0. The zero-order chi connectivity index (χ0) is 18.5. The molecular weight excluding hydrogens is 336 g/mol. The van der Waals surface area contributed by atoms with Crippen molar-refractivity contribution in [3.05, 3.63) is 24.0 Å². The molecule has 8 nitrogen and oxygen atoms in total. The molecule has 3 heterocycles. The Morgan fingerprint density at radius 1 is 1.23 bits per heavy atom. The predicted octanol–water partition coefficient (Wildman–Crippen LogP) is 1.17. The van der Waals surface area contributed by atoms with Crippen molar-refractivity contribution < 1.29 is 19.4 Å². The fourth-order valence-electron chi connectivity index (χ4n) is 3.63. The minimum Gasteiger partial charge on any atom is -0.505 e. The Morgan fingerprint density at radius 2 is 2.00 bits per heavy atom. The van der Waals surface area contributed by atoms with Crippen LogP contribution in [0.1, 0.15) is 30.3 Å². The summed E-state index contributed by atoms with van der Waals surface area (Å²) in [6.07, 6.45) is 3.21. The maximum Gasteiger partial charge on any atom is 0.409 e. The van der Waals surface area contributed by atoms with E-state index < -0.39 is 0 Å². The number of carbonyl (C=O) groups is 2. The Morgan fingerprint density at radius 3 is 2.69 bits per heavy atom. The lowest BCUT2D eigenvalue weighted by Gasteiger charge is -2.43. The quantitative estimate of drug-likeness (QED) is 0.869. The van der Waals surface area contributed by atoms with E-state index >= 15 is 0 Å². The molecule has 8 heteroatoms. The van der Waals surface area contributed by atoms with Gasteiger partial charge in [0.25, 0.3) is 5.91 Å². The summed E-state index contributed by atoms with van der Waals surface area (Å²) in [6.45, 7) is 6.33. The van der Waals surface area contributed by atoms with Gasteiger partial charge in [-0.1, -0.05) is 0 Å². The van der Waals surface area contributed by atoms with E-state index in [-0.39, 0.29) is 29.5 Å². The highest BCUT2D eigenvalue weighted by molar-refractivity contribution is 5.94. The summed E-state index contributed by atoms with van der Waals surface area (Å²) in [5.41, 5.74) is 0.111. The number of hydrogen-bond acceptors (Lipinski definition) is 6. The van der Waals surface area contributed by atoms with Crippen molar-refractivity contribution in [2.24, 2.45) is 0 Å². The van der Waals surface area contributed by atoms with Crippen LogP contribution in [-0.4, -0.2) is 88.7 Å². The molecule has 0 unspecified atom stereocenters. The Labute approximate surface area is 153 Å². The Hall–Kier alpha value is -2.35. The monoisotopic (exact) mass is 362 g/mol. The fourth-order valence-corrected chi connectivity index (χ4v) is 3.63. The number of hydrogen-bond donors (Lipinski definition) is 1. The second kappa shape index (κ2) is 8.35. The van der Waals surface area contributed by atoms with Gasteiger partial charge in [-0.2, -0.15) is 0 Å². The van der Waals surface area contributed by atoms with Crippen LogP contribution in [0.15, 0.2) is 18.3 Å². The fraction of sp³-hybridized carbons (Fsp3) is 0.611. The smallest absolute Gasteiger partial charge is 0.409 e. The first kappa shape index (κ1) is 18.4. The number of piperidine rings is 1. The largest absolute Gasteiger partial charge is 0.505 e. The Bertz CT molecular complexity index is 646. The van der Waals surface area contributed by atoms with Crippen LogP contribution in [0.25, 0.3) is 0 Å². The van der Waals surface area contributed by atoms with Crippen molar-refractivity contribution >= 4 is 12.0 Å². The summed E-state index contributed by atoms with van der Waals surface area (Å²) in [4.78, 5) is 34.4. The third-order valence-corrected chi connectivity index (χ3v) is 5.03. The molecular formula is C18H26N4O4. The van der Waals surface area contributed by atoms with Gasteiger partial charge in [0.15, 0.2) is 5.69 Å². The van der Waals surface area contributed by atoms with E-state index in [0.29, 0.717) is 32.8 Å². The lowest BCUT2D eigenvalue weighted by Crippen LogP contribution is -2.56. The molecule has 2 aliphatic heterocycles. The molecule has 0 aromatic carbocycles. The SMILES string of the molecule is CCOC(=O)N1CCN([C@H]2CCCN(C(=O)c3ncccc3O)C2)CC1. The van der Waals surface area contributed by atoms with E-state index in [2.05, 4.69) is 9.88 Å². The molecule has 1 atom stereocenters. The van der Waals surface area contributed by atoms with Crippen LogP contribution < -0.4 is 0 Å². The number of pyridine rings is 1. The normalized spacial score (nSPS) is 21.5. The molecule has 0 aliphatic carbocycles. The van der Waals surface area contributed by atoms with E-state index in [0.717, 1.165) is 25.9 Å². The number of ether oxygens (including phenoxy) is 1. The molecule has 2 saturated heterocycles. The first-order valence-electron chi connectivity index (χ1n) is 9.19. The number of rotatable bonds is 3. The molecule has 2 aliphatic rings. The Kier molecular flexibility index (Phi) is 5.92. The average Bonchev–Trinajstić information content (AvgIpc) is 2.68. The minimum absolute atomic E-state index is 0.0809. The highest BCUT2D eigenvalue weighted by atomic mass is 16.6. The van der Waals surface area contributed by atoms with Gasteiger partial charge in [-0.25, -0.2) is 9.78 Å². The van der Waals surface area contributed by atoms with Crippen LogP contribution >= 0.6 is 0 Å². The number of amides is 2. The summed E-state index contributed by atoms with van der Waals surface area (Å²) in [5, 5.41) is 9.88. The molecule has 0 radical (unpaired) electrons. The highest BCUT2D eigenvalue weighted by Crippen LogP contribution is 2.22. The predicted molar refractivity (Wildman–Crippen MR) is 95.0 cm³/mol. The molecule has 26 heavy (non-hydrogen) atoms. The van der Waals surface area contributed by atoms with Gasteiger partial charge < -0.3 is 19.6 Å². The van der Waals surface area contributed by atoms with Crippen LogP contribution in [0.3, 0.4) is 0 Å². The van der Waals surface area contributed by atoms with Crippen LogP contribution in [0, 0.1) is 0 Å². The molecule has 2 fully saturated rings. The van der Waals surface area contributed by atoms with E-state index in [1.54, 1.807) is 22.8 Å². The maximum absolute atomic E-state index is 12.7. The third kappa shape index (κ3) is 4.07. The van der Waals surface area contributed by atoms with Crippen LogP contribution in [0.2, 0.25) is 0 Å². The average molecular weight is 362 g/mol. The number of carbonyl (C=O) groups excluding carboxylic acids is 2. The molecule has 1 aromatic rings. The molecule has 0 spiro atoms. The summed E-state index contributed by atoms with van der Waals surface area (Å²) < 4.78 is 5.06. The minimum atomic E-state index is -0.252. The summed E-state index contributed by atoms with van der Waals surface area (Å²) in [7, 11) is 0. The van der Waals surface area contributed by atoms with Crippen molar-refractivity contribution in [2.45, 2.75) is 25.8 Å². The van der Waals surface area contributed by atoms with Crippen molar-refractivity contribution in [1.82, 2.24) is 19.7 Å². The van der Waals surface area contributed by atoms with Crippen molar-refractivity contribution in [3.63, 3.8) is 0 Å². The first-order valence-corrected chi connectivity index (χ1v) is 9.19. The van der Waals surface area contributed by atoms with Gasteiger partial charge >= 0.3 is 6.09 Å². The van der Waals surface area contributed by atoms with E-state index in [1.807, 2.05) is 0 Å². The zero-order valence-electron chi connectivity index (χ0n) is 15.1. The van der Waals surface area contributed by atoms with E-state index in [9.17, 15) is 14.7 Å². The van der Waals surface area contributed by atoms with Crippen molar-refractivity contribution in [1.29, 1.82) is 0 Å². The third-order valence-electron chi connectivity index (χ3n) is 5.03. The van der Waals surface area contributed by atoms with E-state index in [4.69, 9.17) is 4.74 Å².